The van der Waals surface area contributed by atoms with Gasteiger partial charge in [0.15, 0.2) is 0 Å². The molecule has 1 rings (SSSR count). The molecule has 0 aromatic carbocycles. The predicted octanol–water partition coefficient (Wildman–Crippen LogP) is 2.27. The van der Waals surface area contributed by atoms with Crippen molar-refractivity contribution in [3.8, 4) is 0 Å². The summed E-state index contributed by atoms with van der Waals surface area (Å²) in [7, 11) is 1.94. The van der Waals surface area contributed by atoms with E-state index in [-0.39, 0.29) is 12.5 Å². The zero-order valence-corrected chi connectivity index (χ0v) is 14.5. The van der Waals surface area contributed by atoms with Crippen LogP contribution in [0.15, 0.2) is 0 Å². The molecule has 1 aliphatic carbocycles. The van der Waals surface area contributed by atoms with E-state index in [4.69, 9.17) is 5.11 Å². The average molecular weight is 298 g/mol. The number of hydrogen-bond donors (Lipinski definition) is 2. The van der Waals surface area contributed by atoms with Gasteiger partial charge in [0, 0.05) is 19.1 Å². The number of carbonyl (C=O) groups excluding carboxylic acids is 1. The summed E-state index contributed by atoms with van der Waals surface area (Å²) >= 11 is 0. The lowest BCUT2D eigenvalue weighted by molar-refractivity contribution is -0.131. The normalized spacial score (nSPS) is 23.6. The van der Waals surface area contributed by atoms with Crippen molar-refractivity contribution in [2.24, 2.45) is 17.3 Å². The first kappa shape index (κ1) is 18.4. The minimum atomic E-state index is -0.418. The Balaban J connectivity index is 2.42. The van der Waals surface area contributed by atoms with Gasteiger partial charge in [-0.25, -0.2) is 0 Å². The number of nitrogens with zero attached hydrogens (tertiary/aromatic N) is 1. The maximum atomic E-state index is 12.5. The third-order valence-electron chi connectivity index (χ3n) is 4.81. The van der Waals surface area contributed by atoms with Gasteiger partial charge in [-0.1, -0.05) is 13.8 Å². The lowest BCUT2D eigenvalue weighted by Crippen LogP contribution is -2.48. The van der Waals surface area contributed by atoms with Crippen LogP contribution in [0.4, 0.5) is 0 Å². The van der Waals surface area contributed by atoms with Gasteiger partial charge in [0.2, 0.25) is 5.91 Å². The molecule has 124 valence electrons. The van der Waals surface area contributed by atoms with Crippen LogP contribution < -0.4 is 5.32 Å². The highest BCUT2D eigenvalue weighted by Gasteiger charge is 2.32. The van der Waals surface area contributed by atoms with Crippen molar-refractivity contribution in [2.45, 2.75) is 59.4 Å². The lowest BCUT2D eigenvalue weighted by Gasteiger charge is -2.34. The third-order valence-corrected chi connectivity index (χ3v) is 4.81. The van der Waals surface area contributed by atoms with Crippen molar-refractivity contribution in [2.75, 3.05) is 26.7 Å². The topological polar surface area (TPSA) is 52.6 Å². The fraction of sp³-hybridized carbons (Fsp3) is 0.941. The van der Waals surface area contributed by atoms with Crippen LogP contribution in [0, 0.1) is 17.3 Å². The maximum absolute atomic E-state index is 12.5. The summed E-state index contributed by atoms with van der Waals surface area (Å²) in [6, 6.07) is 0.343. The predicted molar refractivity (Wildman–Crippen MR) is 87.1 cm³/mol. The fourth-order valence-corrected chi connectivity index (χ4v) is 3.31. The molecule has 1 saturated carbocycles. The van der Waals surface area contributed by atoms with E-state index in [0.29, 0.717) is 19.1 Å². The second kappa shape index (κ2) is 8.14. The zero-order valence-electron chi connectivity index (χ0n) is 14.5. The Labute approximate surface area is 130 Å². The van der Waals surface area contributed by atoms with E-state index in [2.05, 4.69) is 19.2 Å². The van der Waals surface area contributed by atoms with E-state index in [1.54, 1.807) is 0 Å². The third kappa shape index (κ3) is 5.95. The van der Waals surface area contributed by atoms with E-state index in [0.717, 1.165) is 24.7 Å². The molecule has 0 spiro atoms. The van der Waals surface area contributed by atoms with Crippen molar-refractivity contribution in [3.05, 3.63) is 0 Å². The van der Waals surface area contributed by atoms with Gasteiger partial charge < -0.3 is 15.3 Å². The minimum absolute atomic E-state index is 0.132. The van der Waals surface area contributed by atoms with Crippen molar-refractivity contribution in [1.29, 1.82) is 0 Å². The van der Waals surface area contributed by atoms with Crippen LogP contribution in [0.2, 0.25) is 0 Å². The molecule has 0 atom stereocenters. The molecular formula is C17H34N2O2. The minimum Gasteiger partial charge on any atom is -0.395 e. The van der Waals surface area contributed by atoms with Gasteiger partial charge in [-0.15, -0.1) is 0 Å². The standard InChI is InChI=1S/C17H34N2O2/c1-13(2)14-6-8-15(9-7-14)18-16(21)17(3,4)12-19(5)10-11-20/h13-15,20H,6-12H2,1-5H3,(H,18,21)/t14-,15-. The van der Waals surface area contributed by atoms with Gasteiger partial charge in [0.1, 0.15) is 0 Å². The van der Waals surface area contributed by atoms with Crippen LogP contribution >= 0.6 is 0 Å². The number of aliphatic hydroxyl groups is 1. The van der Waals surface area contributed by atoms with Gasteiger partial charge >= 0.3 is 0 Å². The highest BCUT2D eigenvalue weighted by atomic mass is 16.3. The Bertz CT molecular complexity index is 321. The molecule has 0 aromatic rings. The smallest absolute Gasteiger partial charge is 0.227 e. The number of likely N-dealkylation sites (N-methyl/N-ethyl adjacent to an activating group) is 1. The van der Waals surface area contributed by atoms with Gasteiger partial charge in [0.25, 0.3) is 0 Å². The molecule has 2 N–H and O–H groups in total. The Kier molecular flexibility index (Phi) is 7.14. The number of amides is 1. The van der Waals surface area contributed by atoms with Crippen molar-refractivity contribution >= 4 is 5.91 Å². The number of nitrogens with one attached hydrogen (secondary N) is 1. The number of hydrogen-bond acceptors (Lipinski definition) is 3. The summed E-state index contributed by atoms with van der Waals surface area (Å²) in [5.74, 6) is 1.72. The maximum Gasteiger partial charge on any atom is 0.227 e. The van der Waals surface area contributed by atoms with Gasteiger partial charge in [-0.05, 0) is 58.4 Å². The van der Waals surface area contributed by atoms with Crippen LogP contribution in [0.1, 0.15) is 53.4 Å². The summed E-state index contributed by atoms with van der Waals surface area (Å²) in [5, 5.41) is 12.2. The Morgan fingerprint density at radius 1 is 1.29 bits per heavy atom. The molecule has 0 aromatic heterocycles. The lowest BCUT2D eigenvalue weighted by atomic mass is 9.79. The first-order valence-electron chi connectivity index (χ1n) is 8.36. The van der Waals surface area contributed by atoms with Crippen LogP contribution in [0.5, 0.6) is 0 Å². The molecular weight excluding hydrogens is 264 g/mol. The largest absolute Gasteiger partial charge is 0.395 e. The second-order valence-corrected chi connectivity index (χ2v) is 7.67. The highest BCUT2D eigenvalue weighted by Crippen LogP contribution is 2.30. The molecule has 1 aliphatic rings. The first-order chi connectivity index (χ1) is 9.76. The number of rotatable bonds is 7. The first-order valence-corrected chi connectivity index (χ1v) is 8.36. The van der Waals surface area contributed by atoms with Crippen LogP contribution in [0.3, 0.4) is 0 Å². The van der Waals surface area contributed by atoms with Crippen LogP contribution in [-0.4, -0.2) is 48.7 Å². The molecule has 0 unspecified atom stereocenters. The molecule has 0 aliphatic heterocycles. The number of carbonyl (C=O) groups is 1. The van der Waals surface area contributed by atoms with E-state index in [1.807, 2.05) is 25.8 Å². The molecule has 4 heteroatoms. The summed E-state index contributed by atoms with van der Waals surface area (Å²) in [4.78, 5) is 14.5. The monoisotopic (exact) mass is 298 g/mol. The van der Waals surface area contributed by atoms with Crippen molar-refractivity contribution in [3.63, 3.8) is 0 Å². The van der Waals surface area contributed by atoms with E-state index < -0.39 is 5.41 Å². The van der Waals surface area contributed by atoms with Crippen molar-refractivity contribution in [1.82, 2.24) is 10.2 Å². The van der Waals surface area contributed by atoms with Gasteiger partial charge in [-0.2, -0.15) is 0 Å². The van der Waals surface area contributed by atoms with E-state index in [9.17, 15) is 4.79 Å². The Hall–Kier alpha value is -0.610. The van der Waals surface area contributed by atoms with Crippen molar-refractivity contribution < 1.29 is 9.90 Å². The van der Waals surface area contributed by atoms with Gasteiger partial charge in [0.05, 0.1) is 12.0 Å². The second-order valence-electron chi connectivity index (χ2n) is 7.67. The van der Waals surface area contributed by atoms with E-state index >= 15 is 0 Å². The summed E-state index contributed by atoms with van der Waals surface area (Å²) in [5.41, 5.74) is -0.418. The molecule has 1 fully saturated rings. The molecule has 4 nitrogen and oxygen atoms in total. The molecule has 1 amide bonds. The highest BCUT2D eigenvalue weighted by molar-refractivity contribution is 5.82. The van der Waals surface area contributed by atoms with Gasteiger partial charge in [-0.3, -0.25) is 4.79 Å². The molecule has 0 bridgehead atoms. The zero-order chi connectivity index (χ0) is 16.0. The fourth-order valence-electron chi connectivity index (χ4n) is 3.31. The summed E-state index contributed by atoms with van der Waals surface area (Å²) in [6.45, 7) is 9.96. The SMILES string of the molecule is CC(C)[C@H]1CC[C@H](NC(=O)C(C)(C)CN(C)CCO)CC1. The molecule has 0 saturated heterocycles. The van der Waals surface area contributed by atoms with E-state index in [1.165, 1.54) is 12.8 Å². The number of aliphatic hydroxyl groups excluding tert-OH is 1. The molecule has 0 heterocycles. The van der Waals surface area contributed by atoms with Crippen LogP contribution in [0.25, 0.3) is 0 Å². The summed E-state index contributed by atoms with van der Waals surface area (Å²) in [6.07, 6.45) is 4.68. The quantitative estimate of drug-likeness (QED) is 0.758. The average Bonchev–Trinajstić information content (AvgIpc) is 2.38. The van der Waals surface area contributed by atoms with Crippen LogP contribution in [-0.2, 0) is 4.79 Å². The Morgan fingerprint density at radius 2 is 1.86 bits per heavy atom. The molecule has 21 heavy (non-hydrogen) atoms. The Morgan fingerprint density at radius 3 is 2.33 bits per heavy atom. The molecule has 0 radical (unpaired) electrons. The summed E-state index contributed by atoms with van der Waals surface area (Å²) < 4.78 is 0.